The molecule has 6 nitrogen and oxygen atoms in total. The van der Waals surface area contributed by atoms with Crippen LogP contribution in [0.3, 0.4) is 0 Å². The van der Waals surface area contributed by atoms with Gasteiger partial charge < -0.3 is 15.0 Å². The normalized spacial score (nSPS) is 16.6. The first-order valence-corrected chi connectivity index (χ1v) is 12.2. The van der Waals surface area contributed by atoms with Crippen molar-refractivity contribution in [3.63, 3.8) is 0 Å². The van der Waals surface area contributed by atoms with Crippen molar-refractivity contribution in [2.45, 2.75) is 19.4 Å². The number of para-hydroxylation sites is 2. The summed E-state index contributed by atoms with van der Waals surface area (Å²) in [4.78, 5) is 29.7. The lowest BCUT2D eigenvalue weighted by molar-refractivity contribution is -0.117. The zero-order valence-corrected chi connectivity index (χ0v) is 20.0. The summed E-state index contributed by atoms with van der Waals surface area (Å²) in [6.07, 6.45) is 4.09. The van der Waals surface area contributed by atoms with Crippen LogP contribution in [0.1, 0.15) is 34.3 Å². The summed E-state index contributed by atoms with van der Waals surface area (Å²) >= 11 is 0. The molecule has 0 aliphatic carbocycles. The van der Waals surface area contributed by atoms with Crippen LogP contribution in [0.5, 0.6) is 5.75 Å². The number of hydrogen-bond acceptors (Lipinski definition) is 4. The third kappa shape index (κ3) is 5.31. The number of carbonyl (C=O) groups is 2. The molecule has 1 fully saturated rings. The molecule has 5 rings (SSSR count). The summed E-state index contributed by atoms with van der Waals surface area (Å²) in [5.74, 6) is -0.195. The molecule has 2 heterocycles. The van der Waals surface area contributed by atoms with Gasteiger partial charge in [0, 0.05) is 24.2 Å². The Labute approximate surface area is 210 Å². The van der Waals surface area contributed by atoms with Crippen molar-refractivity contribution in [3.05, 3.63) is 101 Å². The van der Waals surface area contributed by atoms with Crippen LogP contribution in [0.4, 0.5) is 10.1 Å². The Morgan fingerprint density at radius 1 is 0.972 bits per heavy atom. The number of amides is 2. The SMILES string of the molecule is O=C(NCCN1CCCC1)c1ccc(C=C2Oc3ccccc3N(Cc3ccccc3F)C2=O)cc1. The van der Waals surface area contributed by atoms with Gasteiger partial charge >= 0.3 is 0 Å². The average molecular weight is 486 g/mol. The fourth-order valence-corrected chi connectivity index (χ4v) is 4.53. The molecule has 0 spiro atoms. The third-order valence-corrected chi connectivity index (χ3v) is 6.50. The molecule has 0 atom stereocenters. The van der Waals surface area contributed by atoms with E-state index >= 15 is 0 Å². The highest BCUT2D eigenvalue weighted by atomic mass is 19.1. The van der Waals surface area contributed by atoms with E-state index < -0.39 is 0 Å². The molecular weight excluding hydrogens is 457 g/mol. The number of nitrogens with zero attached hydrogens (tertiary/aromatic N) is 2. The van der Waals surface area contributed by atoms with Crippen molar-refractivity contribution in [2.24, 2.45) is 0 Å². The fourth-order valence-electron chi connectivity index (χ4n) is 4.53. The van der Waals surface area contributed by atoms with Crippen molar-refractivity contribution in [1.82, 2.24) is 10.2 Å². The minimum atomic E-state index is -0.367. The first-order chi connectivity index (χ1) is 17.6. The largest absolute Gasteiger partial charge is 0.449 e. The summed E-state index contributed by atoms with van der Waals surface area (Å²) in [5, 5.41) is 2.97. The van der Waals surface area contributed by atoms with Crippen LogP contribution in [0.15, 0.2) is 78.6 Å². The van der Waals surface area contributed by atoms with Crippen LogP contribution in [0.25, 0.3) is 6.08 Å². The molecule has 2 aliphatic heterocycles. The zero-order chi connectivity index (χ0) is 24.9. The van der Waals surface area contributed by atoms with Crippen LogP contribution in [0.2, 0.25) is 0 Å². The molecule has 184 valence electrons. The molecule has 7 heteroatoms. The average Bonchev–Trinajstić information content (AvgIpc) is 3.41. The van der Waals surface area contributed by atoms with Gasteiger partial charge in [0.2, 0.25) is 0 Å². The van der Waals surface area contributed by atoms with Gasteiger partial charge in [0.15, 0.2) is 11.5 Å². The molecule has 3 aromatic carbocycles. The lowest BCUT2D eigenvalue weighted by Crippen LogP contribution is -2.37. The Bertz CT molecular complexity index is 1280. The number of rotatable bonds is 7. The molecule has 36 heavy (non-hydrogen) atoms. The van der Waals surface area contributed by atoms with Crippen LogP contribution in [-0.4, -0.2) is 42.9 Å². The molecule has 0 saturated carbocycles. The van der Waals surface area contributed by atoms with E-state index in [1.54, 1.807) is 60.7 Å². The molecule has 0 aromatic heterocycles. The second kappa shape index (κ2) is 10.7. The van der Waals surface area contributed by atoms with Crippen molar-refractivity contribution in [3.8, 4) is 5.75 Å². The summed E-state index contributed by atoms with van der Waals surface area (Å²) in [6, 6.07) is 20.6. The molecule has 0 unspecified atom stereocenters. The van der Waals surface area contributed by atoms with E-state index in [9.17, 15) is 14.0 Å². The number of anilines is 1. The molecule has 2 amide bonds. The fraction of sp³-hybridized carbons (Fsp3) is 0.241. The van der Waals surface area contributed by atoms with Crippen molar-refractivity contribution in [1.29, 1.82) is 0 Å². The second-order valence-electron chi connectivity index (χ2n) is 8.99. The standard InChI is InChI=1S/C29H28FN3O3/c30-24-8-2-1-7-23(24)20-33-25-9-3-4-10-26(25)36-27(29(33)35)19-21-11-13-22(14-12-21)28(34)31-15-18-32-16-5-6-17-32/h1-4,7-14,19H,5-6,15-18,20H2,(H,31,34). The van der Waals surface area contributed by atoms with E-state index in [1.165, 1.54) is 23.8 Å². The van der Waals surface area contributed by atoms with Crippen LogP contribution >= 0.6 is 0 Å². The van der Waals surface area contributed by atoms with Gasteiger partial charge in [0.25, 0.3) is 11.8 Å². The van der Waals surface area contributed by atoms with Gasteiger partial charge in [-0.05, 0) is 67.9 Å². The number of carbonyl (C=O) groups excluding carboxylic acids is 2. The number of ether oxygens (including phenoxy) is 1. The number of benzene rings is 3. The highest BCUT2D eigenvalue weighted by molar-refractivity contribution is 6.09. The van der Waals surface area contributed by atoms with E-state index in [2.05, 4.69) is 10.2 Å². The highest BCUT2D eigenvalue weighted by Gasteiger charge is 2.30. The topological polar surface area (TPSA) is 61.9 Å². The predicted molar refractivity (Wildman–Crippen MR) is 137 cm³/mol. The summed E-state index contributed by atoms with van der Waals surface area (Å²) in [5.41, 5.74) is 2.28. The first-order valence-electron chi connectivity index (χ1n) is 12.2. The number of fused-ring (bicyclic) bond motifs is 1. The highest BCUT2D eigenvalue weighted by Crippen LogP contribution is 2.36. The molecule has 2 aliphatic rings. The molecule has 0 radical (unpaired) electrons. The Kier molecular flexibility index (Phi) is 7.09. The van der Waals surface area contributed by atoms with E-state index in [1.807, 2.05) is 12.1 Å². The minimum absolute atomic E-state index is 0.0831. The Morgan fingerprint density at radius 3 is 2.47 bits per heavy atom. The van der Waals surface area contributed by atoms with E-state index in [0.29, 0.717) is 29.1 Å². The molecular formula is C29H28FN3O3. The van der Waals surface area contributed by atoms with Crippen molar-refractivity contribution < 1.29 is 18.7 Å². The van der Waals surface area contributed by atoms with Crippen LogP contribution in [0, 0.1) is 5.82 Å². The lowest BCUT2D eigenvalue weighted by atomic mass is 10.1. The van der Waals surface area contributed by atoms with Crippen LogP contribution in [-0.2, 0) is 11.3 Å². The van der Waals surface area contributed by atoms with Crippen molar-refractivity contribution in [2.75, 3.05) is 31.1 Å². The number of halogens is 1. The summed E-state index contributed by atoms with van der Waals surface area (Å²) < 4.78 is 20.3. The predicted octanol–water partition coefficient (Wildman–Crippen LogP) is 4.62. The number of nitrogens with one attached hydrogen (secondary N) is 1. The minimum Gasteiger partial charge on any atom is -0.449 e. The van der Waals surface area contributed by atoms with E-state index in [0.717, 1.165) is 25.2 Å². The Hall–Kier alpha value is -3.97. The molecule has 0 bridgehead atoms. The Morgan fingerprint density at radius 2 is 1.69 bits per heavy atom. The van der Waals surface area contributed by atoms with Crippen molar-refractivity contribution >= 4 is 23.6 Å². The Balaban J connectivity index is 1.31. The summed E-state index contributed by atoms with van der Waals surface area (Å²) in [6.45, 7) is 3.76. The molecule has 3 aromatic rings. The monoisotopic (exact) mass is 485 g/mol. The number of likely N-dealkylation sites (tertiary alicyclic amines) is 1. The van der Waals surface area contributed by atoms with Gasteiger partial charge in [-0.1, -0.05) is 42.5 Å². The number of hydrogen-bond donors (Lipinski definition) is 1. The quantitative estimate of drug-likeness (QED) is 0.496. The van der Waals surface area contributed by atoms with Gasteiger partial charge in [-0.2, -0.15) is 0 Å². The molecule has 1 saturated heterocycles. The molecule has 1 N–H and O–H groups in total. The van der Waals surface area contributed by atoms with E-state index in [-0.39, 0.29) is 29.9 Å². The maximum absolute atomic E-state index is 14.3. The van der Waals surface area contributed by atoms with Gasteiger partial charge in [0.1, 0.15) is 5.82 Å². The van der Waals surface area contributed by atoms with Gasteiger partial charge in [-0.3, -0.25) is 14.5 Å². The third-order valence-electron chi connectivity index (χ3n) is 6.50. The summed E-state index contributed by atoms with van der Waals surface area (Å²) in [7, 11) is 0. The maximum Gasteiger partial charge on any atom is 0.294 e. The van der Waals surface area contributed by atoms with E-state index in [4.69, 9.17) is 4.74 Å². The van der Waals surface area contributed by atoms with Gasteiger partial charge in [-0.15, -0.1) is 0 Å². The van der Waals surface area contributed by atoms with Crippen LogP contribution < -0.4 is 15.0 Å². The lowest BCUT2D eigenvalue weighted by Gasteiger charge is -2.30. The second-order valence-corrected chi connectivity index (χ2v) is 8.99. The maximum atomic E-state index is 14.3. The zero-order valence-electron chi connectivity index (χ0n) is 20.0. The first kappa shape index (κ1) is 23.8. The van der Waals surface area contributed by atoms with Gasteiger partial charge in [-0.25, -0.2) is 4.39 Å². The smallest absolute Gasteiger partial charge is 0.294 e. The van der Waals surface area contributed by atoms with Gasteiger partial charge in [0.05, 0.1) is 12.2 Å².